The van der Waals surface area contributed by atoms with Crippen LogP contribution in [0.4, 0.5) is 0 Å². The quantitative estimate of drug-likeness (QED) is 0.733. The molecule has 0 fully saturated rings. The van der Waals surface area contributed by atoms with Crippen molar-refractivity contribution in [3.8, 4) is 0 Å². The summed E-state index contributed by atoms with van der Waals surface area (Å²) in [5, 5.41) is 13.7. The van der Waals surface area contributed by atoms with Gasteiger partial charge in [-0.1, -0.05) is 0 Å². The van der Waals surface area contributed by atoms with E-state index in [9.17, 15) is 8.42 Å². The molecule has 1 unspecified atom stereocenters. The highest BCUT2D eigenvalue weighted by molar-refractivity contribution is 7.87. The number of nitrogens with zero attached hydrogens (tertiary/aromatic N) is 2. The molecule has 0 bridgehead atoms. The van der Waals surface area contributed by atoms with Crippen LogP contribution in [0.25, 0.3) is 0 Å². The van der Waals surface area contributed by atoms with Crippen LogP contribution in [0.15, 0.2) is 0 Å². The normalized spacial score (nSPS) is 14.4. The van der Waals surface area contributed by atoms with E-state index in [1.54, 1.807) is 13.8 Å². The Kier molecular flexibility index (Phi) is 2.96. The van der Waals surface area contributed by atoms with Crippen molar-refractivity contribution in [2.45, 2.75) is 19.9 Å². The van der Waals surface area contributed by atoms with Crippen LogP contribution in [0, 0.1) is 6.92 Å². The molecule has 13 heavy (non-hydrogen) atoms. The number of aromatic nitrogens is 2. The Morgan fingerprint density at radius 1 is 1.54 bits per heavy atom. The summed E-state index contributed by atoms with van der Waals surface area (Å²) in [5.41, 5.74) is 0. The average Bonchev–Trinajstić information content (AvgIpc) is 2.31. The van der Waals surface area contributed by atoms with E-state index in [1.165, 1.54) is 11.3 Å². The zero-order valence-electron chi connectivity index (χ0n) is 7.18. The van der Waals surface area contributed by atoms with Gasteiger partial charge in [0.2, 0.25) is 0 Å². The molecule has 0 amide bonds. The molecule has 3 N–H and O–H groups in total. The summed E-state index contributed by atoms with van der Waals surface area (Å²) in [5.74, 6) is 0. The molecule has 1 aromatic heterocycles. The van der Waals surface area contributed by atoms with Crippen LogP contribution in [0.2, 0.25) is 0 Å². The van der Waals surface area contributed by atoms with E-state index in [-0.39, 0.29) is 0 Å². The van der Waals surface area contributed by atoms with Gasteiger partial charge >= 0.3 is 0 Å². The van der Waals surface area contributed by atoms with Crippen LogP contribution in [-0.2, 0) is 10.2 Å². The monoisotopic (exact) mass is 222 g/mol. The van der Waals surface area contributed by atoms with Gasteiger partial charge in [-0.25, -0.2) is 5.14 Å². The lowest BCUT2D eigenvalue weighted by molar-refractivity contribution is 0.567. The summed E-state index contributed by atoms with van der Waals surface area (Å²) in [6, 6.07) is -0.429. The zero-order chi connectivity index (χ0) is 10.1. The molecule has 6 nitrogen and oxygen atoms in total. The van der Waals surface area contributed by atoms with Gasteiger partial charge < -0.3 is 0 Å². The van der Waals surface area contributed by atoms with Crippen LogP contribution in [0.5, 0.6) is 0 Å². The molecule has 0 spiro atoms. The molecule has 1 rings (SSSR count). The van der Waals surface area contributed by atoms with Crippen LogP contribution >= 0.6 is 11.3 Å². The highest BCUT2D eigenvalue weighted by Crippen LogP contribution is 2.16. The summed E-state index contributed by atoms with van der Waals surface area (Å²) < 4.78 is 23.5. The third kappa shape index (κ3) is 3.35. The number of nitrogens with two attached hydrogens (primary N) is 1. The predicted octanol–water partition coefficient (Wildman–Crippen LogP) is -0.299. The Balaban J connectivity index is 2.75. The third-order valence-corrected chi connectivity index (χ3v) is 2.96. The van der Waals surface area contributed by atoms with Crippen molar-refractivity contribution in [3.05, 3.63) is 10.0 Å². The van der Waals surface area contributed by atoms with E-state index in [4.69, 9.17) is 5.14 Å². The van der Waals surface area contributed by atoms with Gasteiger partial charge in [0.25, 0.3) is 10.2 Å². The van der Waals surface area contributed by atoms with Crippen LogP contribution < -0.4 is 9.86 Å². The van der Waals surface area contributed by atoms with Crippen molar-refractivity contribution >= 4 is 21.5 Å². The molecule has 0 aliphatic rings. The van der Waals surface area contributed by atoms with E-state index in [0.717, 1.165) is 5.01 Å². The topological polar surface area (TPSA) is 98.0 Å². The fourth-order valence-electron chi connectivity index (χ4n) is 0.784. The van der Waals surface area contributed by atoms with Gasteiger partial charge in [-0.3, -0.25) is 0 Å². The SMILES string of the molecule is Cc1nnc(C(C)NS(N)(=O)=O)s1. The summed E-state index contributed by atoms with van der Waals surface area (Å²) in [6.07, 6.45) is 0. The first kappa shape index (κ1) is 10.5. The summed E-state index contributed by atoms with van der Waals surface area (Å²) in [7, 11) is -3.67. The molecule has 0 aliphatic heterocycles. The van der Waals surface area contributed by atoms with Gasteiger partial charge in [-0.2, -0.15) is 13.1 Å². The second-order valence-electron chi connectivity index (χ2n) is 2.54. The average molecular weight is 222 g/mol. The van der Waals surface area contributed by atoms with E-state index >= 15 is 0 Å². The van der Waals surface area contributed by atoms with Crippen molar-refractivity contribution in [2.24, 2.45) is 5.14 Å². The first-order valence-corrected chi connectivity index (χ1v) is 5.85. The number of rotatable bonds is 3. The van der Waals surface area contributed by atoms with Crippen molar-refractivity contribution < 1.29 is 8.42 Å². The second-order valence-corrected chi connectivity index (χ2v) is 5.08. The third-order valence-electron chi connectivity index (χ3n) is 1.25. The number of nitrogens with one attached hydrogen (secondary N) is 1. The smallest absolute Gasteiger partial charge is 0.216 e. The highest BCUT2D eigenvalue weighted by atomic mass is 32.2. The van der Waals surface area contributed by atoms with Gasteiger partial charge in [0.1, 0.15) is 10.0 Å². The fourth-order valence-corrected chi connectivity index (χ4v) is 2.16. The fraction of sp³-hybridized carbons (Fsp3) is 0.600. The first-order chi connectivity index (χ1) is 5.88. The van der Waals surface area contributed by atoms with E-state index in [2.05, 4.69) is 14.9 Å². The van der Waals surface area contributed by atoms with E-state index in [0.29, 0.717) is 5.01 Å². The molecular formula is C5H10N4O2S2. The Bertz CT molecular complexity index is 385. The molecule has 0 aromatic carbocycles. The Morgan fingerprint density at radius 2 is 2.15 bits per heavy atom. The molecule has 0 saturated heterocycles. The van der Waals surface area contributed by atoms with Crippen molar-refractivity contribution in [3.63, 3.8) is 0 Å². The van der Waals surface area contributed by atoms with Gasteiger partial charge in [0, 0.05) is 0 Å². The van der Waals surface area contributed by atoms with Gasteiger partial charge in [0.15, 0.2) is 0 Å². The minimum absolute atomic E-state index is 0.429. The molecule has 0 radical (unpaired) electrons. The van der Waals surface area contributed by atoms with Gasteiger partial charge in [-0.15, -0.1) is 21.5 Å². The zero-order valence-corrected chi connectivity index (χ0v) is 8.82. The standard InChI is InChI=1S/C5H10N4O2S2/c1-3(9-13(6,10)11)5-8-7-4(2)12-5/h3,9H,1-2H3,(H2,6,10,11). The van der Waals surface area contributed by atoms with Crippen molar-refractivity contribution in [1.82, 2.24) is 14.9 Å². The Morgan fingerprint density at radius 3 is 2.54 bits per heavy atom. The largest absolute Gasteiger partial charge is 0.275 e. The minimum atomic E-state index is -3.67. The minimum Gasteiger partial charge on any atom is -0.216 e. The maximum absolute atomic E-state index is 10.6. The van der Waals surface area contributed by atoms with Crippen molar-refractivity contribution in [2.75, 3.05) is 0 Å². The molecule has 8 heteroatoms. The van der Waals surface area contributed by atoms with Crippen LogP contribution in [0.3, 0.4) is 0 Å². The second kappa shape index (κ2) is 3.66. The summed E-state index contributed by atoms with van der Waals surface area (Å²) in [4.78, 5) is 0. The Hall–Kier alpha value is -0.570. The van der Waals surface area contributed by atoms with Gasteiger partial charge in [0.05, 0.1) is 6.04 Å². The molecule has 0 aliphatic carbocycles. The Labute approximate surface area is 80.4 Å². The molecule has 1 atom stereocenters. The van der Waals surface area contributed by atoms with E-state index < -0.39 is 16.3 Å². The first-order valence-electron chi connectivity index (χ1n) is 3.48. The summed E-state index contributed by atoms with van der Waals surface area (Å²) in [6.45, 7) is 3.45. The molecular weight excluding hydrogens is 212 g/mol. The molecule has 1 heterocycles. The number of aryl methyl sites for hydroxylation is 1. The lowest BCUT2D eigenvalue weighted by atomic mass is 10.4. The lowest BCUT2D eigenvalue weighted by Crippen LogP contribution is -2.32. The highest BCUT2D eigenvalue weighted by Gasteiger charge is 2.14. The van der Waals surface area contributed by atoms with Gasteiger partial charge in [-0.05, 0) is 13.8 Å². The molecule has 74 valence electrons. The summed E-state index contributed by atoms with van der Waals surface area (Å²) >= 11 is 1.33. The van der Waals surface area contributed by atoms with Crippen molar-refractivity contribution in [1.29, 1.82) is 0 Å². The number of hydrogen-bond acceptors (Lipinski definition) is 5. The molecule has 1 aromatic rings. The number of hydrogen-bond donors (Lipinski definition) is 2. The maximum atomic E-state index is 10.6. The lowest BCUT2D eigenvalue weighted by Gasteiger charge is -2.06. The molecule has 0 saturated carbocycles. The van der Waals surface area contributed by atoms with Crippen LogP contribution in [0.1, 0.15) is 23.0 Å². The predicted molar refractivity (Wildman–Crippen MR) is 49.3 cm³/mol. The van der Waals surface area contributed by atoms with Crippen LogP contribution in [-0.4, -0.2) is 18.6 Å². The van der Waals surface area contributed by atoms with E-state index in [1.807, 2.05) is 0 Å². The maximum Gasteiger partial charge on any atom is 0.275 e.